The van der Waals surface area contributed by atoms with Gasteiger partial charge in [0.15, 0.2) is 0 Å². The smallest absolute Gasteiger partial charge is 0.147 e. The van der Waals surface area contributed by atoms with Gasteiger partial charge in [0.1, 0.15) is 25.8 Å². The van der Waals surface area contributed by atoms with Crippen molar-refractivity contribution in [2.45, 2.75) is 88.5 Å². The lowest BCUT2D eigenvalue weighted by molar-refractivity contribution is -0.177. The van der Waals surface area contributed by atoms with Crippen LogP contribution in [0.15, 0.2) is 0 Å². The van der Waals surface area contributed by atoms with Crippen molar-refractivity contribution in [3.8, 4) is 0 Å². The van der Waals surface area contributed by atoms with Crippen LogP contribution >= 0.6 is 23.5 Å². The average molecular weight is 529 g/mol. The highest BCUT2D eigenvalue weighted by Gasteiger charge is 2.33. The van der Waals surface area contributed by atoms with Crippen LogP contribution in [0.4, 0.5) is 0 Å². The van der Waals surface area contributed by atoms with Gasteiger partial charge in [0, 0.05) is 41.4 Å². The van der Waals surface area contributed by atoms with Crippen LogP contribution in [0.1, 0.15) is 12.8 Å². The maximum Gasteiger partial charge on any atom is 0.147 e. The average Bonchev–Trinajstić information content (AvgIpc) is 2.68. The molecule has 0 spiro atoms. The van der Waals surface area contributed by atoms with Crippen molar-refractivity contribution in [1.29, 1.82) is 0 Å². The van der Waals surface area contributed by atoms with Crippen LogP contribution in [-0.4, -0.2) is 91.3 Å². The second-order valence-electron chi connectivity index (χ2n) is 10.8. The summed E-state index contributed by atoms with van der Waals surface area (Å²) in [5, 5.41) is 0. The Morgan fingerprint density at radius 3 is 1.28 bits per heavy atom. The van der Waals surface area contributed by atoms with E-state index in [0.717, 1.165) is 36.4 Å². The molecule has 0 aliphatic heterocycles. The summed E-state index contributed by atoms with van der Waals surface area (Å²) in [4.78, 5) is 0. The monoisotopic (exact) mass is 528 g/mol. The molecule has 0 unspecified atom stereocenters. The minimum absolute atomic E-state index is 0.171. The van der Waals surface area contributed by atoms with Crippen LogP contribution in [0, 0.1) is 0 Å². The first-order chi connectivity index (χ1) is 14.9. The molecule has 10 heteroatoms. The number of nitrogens with two attached hydrogens (primary N) is 2. The molecule has 0 rings (SSSR count). The minimum Gasteiger partial charge on any atom is -0.356 e. The van der Waals surface area contributed by atoms with Crippen molar-refractivity contribution in [2.24, 2.45) is 11.5 Å². The Bertz CT molecular complexity index is 415. The van der Waals surface area contributed by atoms with E-state index >= 15 is 0 Å². The molecule has 0 heterocycles. The van der Waals surface area contributed by atoms with Gasteiger partial charge >= 0.3 is 0 Å². The topological polar surface area (TPSA) is 89.0 Å². The Hall–Kier alpha value is 0.894. The molecule has 0 saturated heterocycles. The van der Waals surface area contributed by atoms with Crippen molar-refractivity contribution in [2.75, 3.05) is 50.8 Å². The van der Waals surface area contributed by atoms with E-state index in [0.29, 0.717) is 13.2 Å². The van der Waals surface area contributed by atoms with Crippen LogP contribution in [0.5, 0.6) is 0 Å². The summed E-state index contributed by atoms with van der Waals surface area (Å²) in [7, 11) is -2.27. The molecule has 6 nitrogen and oxygen atoms in total. The summed E-state index contributed by atoms with van der Waals surface area (Å²) in [6, 6.07) is 1.88. The second kappa shape index (κ2) is 18.2. The van der Waals surface area contributed by atoms with Crippen LogP contribution < -0.4 is 11.5 Å². The summed E-state index contributed by atoms with van der Waals surface area (Å²) in [5.74, 6) is 1.94. The van der Waals surface area contributed by atoms with E-state index in [1.807, 2.05) is 0 Å². The van der Waals surface area contributed by atoms with E-state index in [2.05, 4.69) is 51.8 Å². The summed E-state index contributed by atoms with van der Waals surface area (Å²) in [5.41, 5.74) is 13.2. The van der Waals surface area contributed by atoms with E-state index in [1.165, 1.54) is 0 Å². The van der Waals surface area contributed by atoms with E-state index in [-0.39, 0.29) is 37.9 Å². The fourth-order valence-electron chi connectivity index (χ4n) is 2.89. The molecule has 0 amide bonds. The van der Waals surface area contributed by atoms with Gasteiger partial charge in [-0.25, -0.2) is 0 Å². The number of hydrogen-bond donors (Lipinski definition) is 2. The second-order valence-corrected chi connectivity index (χ2v) is 24.0. The third-order valence-corrected chi connectivity index (χ3v) is 9.85. The Balaban J connectivity index is 5.05. The van der Waals surface area contributed by atoms with Crippen molar-refractivity contribution in [3.63, 3.8) is 0 Å². The molecule has 0 aliphatic carbocycles. The molecule has 0 saturated carbocycles. The standard InChI is InChI=1S/C22H52N2O4S2Si2/c1-29-13-9-19(23)21(27-17-25-11-15-31(3,4)5)22(20(24)10-14-30-2)28-18-26-12-16-32(6,7)8/h19-22H,9-18,23-24H2,1-8H3/t19-,20-,21+,22+/m1/s1. The Morgan fingerprint density at radius 1 is 0.656 bits per heavy atom. The first-order valence-corrected chi connectivity index (χ1v) is 22.0. The quantitative estimate of drug-likeness (QED) is 0.127. The predicted octanol–water partition coefficient (Wildman–Crippen LogP) is 4.54. The fraction of sp³-hybridized carbons (Fsp3) is 1.00. The zero-order valence-electron chi connectivity index (χ0n) is 22.0. The zero-order chi connectivity index (χ0) is 24.6. The zero-order valence-corrected chi connectivity index (χ0v) is 25.6. The van der Waals surface area contributed by atoms with Crippen LogP contribution in [0.2, 0.25) is 51.4 Å². The molecular formula is C22H52N2O4S2Si2. The van der Waals surface area contributed by atoms with E-state index in [4.69, 9.17) is 30.4 Å². The molecule has 0 fully saturated rings. The highest BCUT2D eigenvalue weighted by molar-refractivity contribution is 7.98. The van der Waals surface area contributed by atoms with Gasteiger partial charge in [-0.2, -0.15) is 23.5 Å². The summed E-state index contributed by atoms with van der Waals surface area (Å²) >= 11 is 3.57. The number of ether oxygens (including phenoxy) is 4. The molecule has 4 atom stereocenters. The SMILES string of the molecule is CSCC[C@@H](N)[C@H](OCOCC[Si](C)(C)C)[C@@H](OCOCC[Si](C)(C)C)[C@H](N)CCSC. The van der Waals surface area contributed by atoms with Gasteiger partial charge in [0.2, 0.25) is 0 Å². The lowest BCUT2D eigenvalue weighted by atomic mass is 9.96. The van der Waals surface area contributed by atoms with E-state index < -0.39 is 16.1 Å². The third kappa shape index (κ3) is 18.3. The molecule has 4 N–H and O–H groups in total. The van der Waals surface area contributed by atoms with Crippen molar-refractivity contribution >= 4 is 39.7 Å². The van der Waals surface area contributed by atoms with E-state index in [1.54, 1.807) is 23.5 Å². The summed E-state index contributed by atoms with van der Waals surface area (Å²) in [6.07, 6.45) is 5.20. The highest BCUT2D eigenvalue weighted by atomic mass is 32.2. The van der Waals surface area contributed by atoms with Gasteiger partial charge in [0.05, 0.1) is 0 Å². The minimum atomic E-state index is -1.14. The normalized spacial score (nSPS) is 16.7. The molecule has 0 aliphatic rings. The van der Waals surface area contributed by atoms with Gasteiger partial charge in [-0.3, -0.25) is 0 Å². The van der Waals surface area contributed by atoms with Gasteiger partial charge < -0.3 is 30.4 Å². The lowest BCUT2D eigenvalue weighted by Gasteiger charge is -2.35. The van der Waals surface area contributed by atoms with Crippen molar-refractivity contribution in [1.82, 2.24) is 0 Å². The molecule has 32 heavy (non-hydrogen) atoms. The number of hydrogen-bond acceptors (Lipinski definition) is 8. The molecule has 0 aromatic carbocycles. The largest absolute Gasteiger partial charge is 0.356 e. The van der Waals surface area contributed by atoms with Crippen LogP contribution in [0.25, 0.3) is 0 Å². The Morgan fingerprint density at radius 2 is 1.00 bits per heavy atom. The van der Waals surface area contributed by atoms with Gasteiger partial charge in [-0.1, -0.05) is 39.3 Å². The molecule has 0 bridgehead atoms. The summed E-state index contributed by atoms with van der Waals surface area (Å²) < 4.78 is 24.0. The fourth-order valence-corrected chi connectivity index (χ4v) is 5.42. The Kier molecular flexibility index (Phi) is 18.7. The molecule has 194 valence electrons. The number of thioether (sulfide) groups is 2. The summed E-state index contributed by atoms with van der Waals surface area (Å²) in [6.45, 7) is 15.9. The van der Waals surface area contributed by atoms with Crippen LogP contribution in [0.3, 0.4) is 0 Å². The first kappa shape index (κ1) is 32.9. The third-order valence-electron chi connectivity index (χ3n) is 5.16. The van der Waals surface area contributed by atoms with Gasteiger partial charge in [0.25, 0.3) is 0 Å². The molecule has 0 aromatic rings. The van der Waals surface area contributed by atoms with E-state index in [9.17, 15) is 0 Å². The van der Waals surface area contributed by atoms with Gasteiger partial charge in [-0.15, -0.1) is 0 Å². The lowest BCUT2D eigenvalue weighted by Crippen LogP contribution is -2.54. The van der Waals surface area contributed by atoms with Crippen molar-refractivity contribution in [3.05, 3.63) is 0 Å². The Labute approximate surface area is 209 Å². The van der Waals surface area contributed by atoms with Crippen molar-refractivity contribution < 1.29 is 18.9 Å². The maximum atomic E-state index is 6.58. The van der Waals surface area contributed by atoms with Crippen LogP contribution in [-0.2, 0) is 18.9 Å². The number of rotatable bonds is 21. The highest BCUT2D eigenvalue weighted by Crippen LogP contribution is 2.19. The van der Waals surface area contributed by atoms with Gasteiger partial charge in [-0.05, 0) is 48.9 Å². The molecule has 0 radical (unpaired) electrons. The molecular weight excluding hydrogens is 477 g/mol. The predicted molar refractivity (Wildman–Crippen MR) is 150 cm³/mol. The maximum absolute atomic E-state index is 6.58. The molecule has 0 aromatic heterocycles. The first-order valence-electron chi connectivity index (χ1n) is 11.8.